The van der Waals surface area contributed by atoms with Crippen molar-refractivity contribution in [1.29, 1.82) is 0 Å². The minimum Gasteiger partial charge on any atom is -0.493 e. The second-order valence-electron chi connectivity index (χ2n) is 5.66. The maximum Gasteiger partial charge on any atom is 0.135 e. The number of Topliss-reactive ketones (excluding diaryl/α,β-unsaturated/α-hetero) is 1. The van der Waals surface area contributed by atoms with Gasteiger partial charge in [0.15, 0.2) is 0 Å². The molecule has 1 fully saturated rings. The third-order valence-electron chi connectivity index (χ3n) is 4.22. The van der Waals surface area contributed by atoms with Crippen molar-refractivity contribution in [3.05, 3.63) is 29.8 Å². The Morgan fingerprint density at radius 2 is 2.00 bits per heavy atom. The van der Waals surface area contributed by atoms with Crippen LogP contribution in [0, 0.1) is 5.92 Å². The average Bonchev–Trinajstić information content (AvgIpc) is 2.46. The zero-order chi connectivity index (χ0) is 13.1. The van der Waals surface area contributed by atoms with E-state index >= 15 is 0 Å². The van der Waals surface area contributed by atoms with Crippen LogP contribution in [0.25, 0.3) is 0 Å². The number of hydrogen-bond donors (Lipinski definition) is 0. The Morgan fingerprint density at radius 3 is 2.84 bits per heavy atom. The molecule has 0 bridgehead atoms. The largest absolute Gasteiger partial charge is 0.493 e. The fourth-order valence-electron chi connectivity index (χ4n) is 2.97. The fraction of sp³-hybridized carbons (Fsp3) is 0.562. The highest BCUT2D eigenvalue weighted by molar-refractivity contribution is 5.79. The summed E-state index contributed by atoms with van der Waals surface area (Å²) in [7, 11) is 0. The molecule has 1 aromatic carbocycles. The molecule has 2 aliphatic heterocycles. The van der Waals surface area contributed by atoms with Gasteiger partial charge in [0.1, 0.15) is 11.5 Å². The molecule has 0 N–H and O–H groups in total. The molecule has 1 aromatic rings. The third kappa shape index (κ3) is 3.16. The molecule has 1 atom stereocenters. The van der Waals surface area contributed by atoms with Crippen LogP contribution in [0.4, 0.5) is 0 Å². The van der Waals surface area contributed by atoms with Crippen LogP contribution >= 0.6 is 0 Å². The molecule has 3 rings (SSSR count). The summed E-state index contributed by atoms with van der Waals surface area (Å²) in [5.74, 6) is 2.10. The highest BCUT2D eigenvalue weighted by Gasteiger charge is 2.21. The van der Waals surface area contributed by atoms with Gasteiger partial charge in [0.2, 0.25) is 0 Å². The zero-order valence-corrected chi connectivity index (χ0v) is 11.3. The van der Waals surface area contributed by atoms with Gasteiger partial charge in [0, 0.05) is 25.9 Å². The SMILES string of the molecule is O=C1CCN(CCC2COc3ccccc3C2)CC1. The lowest BCUT2D eigenvalue weighted by Crippen LogP contribution is -2.36. The smallest absolute Gasteiger partial charge is 0.135 e. The first-order valence-electron chi connectivity index (χ1n) is 7.26. The summed E-state index contributed by atoms with van der Waals surface area (Å²) in [6.07, 6.45) is 3.78. The van der Waals surface area contributed by atoms with E-state index in [-0.39, 0.29) is 0 Å². The molecular formula is C16H21NO2. The Morgan fingerprint density at radius 1 is 1.21 bits per heavy atom. The fourth-order valence-corrected chi connectivity index (χ4v) is 2.97. The summed E-state index contributed by atoms with van der Waals surface area (Å²) in [4.78, 5) is 13.6. The van der Waals surface area contributed by atoms with E-state index in [1.165, 1.54) is 12.0 Å². The molecule has 3 nitrogen and oxygen atoms in total. The van der Waals surface area contributed by atoms with Crippen LogP contribution in [0.3, 0.4) is 0 Å². The first kappa shape index (κ1) is 12.7. The van der Waals surface area contributed by atoms with Gasteiger partial charge in [-0.3, -0.25) is 4.79 Å². The van der Waals surface area contributed by atoms with Crippen molar-refractivity contribution < 1.29 is 9.53 Å². The van der Waals surface area contributed by atoms with Crippen LogP contribution in [-0.2, 0) is 11.2 Å². The summed E-state index contributed by atoms with van der Waals surface area (Å²) in [5.41, 5.74) is 1.34. The Kier molecular flexibility index (Phi) is 3.83. The predicted octanol–water partition coefficient (Wildman–Crippen LogP) is 2.29. The lowest BCUT2D eigenvalue weighted by atomic mass is 9.93. The van der Waals surface area contributed by atoms with Crippen molar-refractivity contribution in [2.75, 3.05) is 26.2 Å². The first-order valence-corrected chi connectivity index (χ1v) is 7.26. The van der Waals surface area contributed by atoms with E-state index in [1.54, 1.807) is 0 Å². The van der Waals surface area contributed by atoms with E-state index in [1.807, 2.05) is 6.07 Å². The summed E-state index contributed by atoms with van der Waals surface area (Å²) >= 11 is 0. The molecular weight excluding hydrogens is 238 g/mol. The predicted molar refractivity (Wildman–Crippen MR) is 74.4 cm³/mol. The molecule has 2 heterocycles. The molecule has 19 heavy (non-hydrogen) atoms. The van der Waals surface area contributed by atoms with E-state index in [0.29, 0.717) is 11.7 Å². The van der Waals surface area contributed by atoms with Crippen molar-refractivity contribution in [3.63, 3.8) is 0 Å². The molecule has 0 aromatic heterocycles. The number of carbonyl (C=O) groups is 1. The van der Waals surface area contributed by atoms with Crippen LogP contribution in [0.5, 0.6) is 5.75 Å². The summed E-state index contributed by atoms with van der Waals surface area (Å²) in [6, 6.07) is 8.34. The summed E-state index contributed by atoms with van der Waals surface area (Å²) < 4.78 is 5.82. The quantitative estimate of drug-likeness (QED) is 0.834. The highest BCUT2D eigenvalue weighted by Crippen LogP contribution is 2.28. The molecule has 0 spiro atoms. The third-order valence-corrected chi connectivity index (χ3v) is 4.22. The normalized spacial score (nSPS) is 23.8. The summed E-state index contributed by atoms with van der Waals surface area (Å²) in [5, 5.41) is 0. The van der Waals surface area contributed by atoms with E-state index in [2.05, 4.69) is 23.1 Å². The van der Waals surface area contributed by atoms with Gasteiger partial charge < -0.3 is 9.64 Å². The second-order valence-corrected chi connectivity index (χ2v) is 5.66. The number of benzene rings is 1. The van der Waals surface area contributed by atoms with Gasteiger partial charge >= 0.3 is 0 Å². The number of ether oxygens (including phenoxy) is 1. The Balaban J connectivity index is 1.48. The molecule has 0 saturated carbocycles. The molecule has 1 unspecified atom stereocenters. The van der Waals surface area contributed by atoms with Gasteiger partial charge in [0.25, 0.3) is 0 Å². The van der Waals surface area contributed by atoms with Crippen LogP contribution in [0.1, 0.15) is 24.8 Å². The maximum absolute atomic E-state index is 11.2. The number of hydrogen-bond acceptors (Lipinski definition) is 3. The van der Waals surface area contributed by atoms with Gasteiger partial charge in [-0.15, -0.1) is 0 Å². The highest BCUT2D eigenvalue weighted by atomic mass is 16.5. The van der Waals surface area contributed by atoms with Crippen LogP contribution < -0.4 is 4.74 Å². The van der Waals surface area contributed by atoms with Crippen molar-refractivity contribution >= 4 is 5.78 Å². The Labute approximate surface area is 114 Å². The van der Waals surface area contributed by atoms with Crippen LogP contribution in [-0.4, -0.2) is 36.9 Å². The lowest BCUT2D eigenvalue weighted by molar-refractivity contribution is -0.121. The average molecular weight is 259 g/mol. The van der Waals surface area contributed by atoms with E-state index < -0.39 is 0 Å². The number of para-hydroxylation sites is 1. The summed E-state index contributed by atoms with van der Waals surface area (Å²) in [6.45, 7) is 3.83. The molecule has 2 aliphatic rings. The van der Waals surface area contributed by atoms with E-state index in [9.17, 15) is 4.79 Å². The van der Waals surface area contributed by atoms with Crippen LogP contribution in [0.2, 0.25) is 0 Å². The van der Waals surface area contributed by atoms with Gasteiger partial charge in [-0.1, -0.05) is 18.2 Å². The zero-order valence-electron chi connectivity index (χ0n) is 11.3. The molecule has 0 radical (unpaired) electrons. The lowest BCUT2D eigenvalue weighted by Gasteiger charge is -2.30. The number of nitrogens with zero attached hydrogens (tertiary/aromatic N) is 1. The minimum atomic E-state index is 0.422. The Hall–Kier alpha value is -1.35. The number of piperidine rings is 1. The molecule has 102 valence electrons. The Bertz CT molecular complexity index is 448. The van der Waals surface area contributed by atoms with E-state index in [4.69, 9.17) is 4.74 Å². The van der Waals surface area contributed by atoms with Crippen molar-refractivity contribution in [1.82, 2.24) is 4.90 Å². The van der Waals surface area contributed by atoms with Gasteiger partial charge in [-0.05, 0) is 36.9 Å². The van der Waals surface area contributed by atoms with Gasteiger partial charge in [-0.2, -0.15) is 0 Å². The minimum absolute atomic E-state index is 0.422. The monoisotopic (exact) mass is 259 g/mol. The van der Waals surface area contributed by atoms with Crippen molar-refractivity contribution in [2.45, 2.75) is 25.7 Å². The van der Waals surface area contributed by atoms with Crippen molar-refractivity contribution in [2.24, 2.45) is 5.92 Å². The van der Waals surface area contributed by atoms with Gasteiger partial charge in [0.05, 0.1) is 6.61 Å². The second kappa shape index (κ2) is 5.74. The molecule has 1 saturated heterocycles. The first-order chi connectivity index (χ1) is 9.31. The standard InChI is InChI=1S/C16H21NO2/c18-15-6-9-17(10-7-15)8-5-13-11-14-3-1-2-4-16(14)19-12-13/h1-4,13H,5-12H2. The van der Waals surface area contributed by atoms with Gasteiger partial charge in [-0.25, -0.2) is 0 Å². The van der Waals surface area contributed by atoms with Crippen LogP contribution in [0.15, 0.2) is 24.3 Å². The number of rotatable bonds is 3. The number of ketones is 1. The van der Waals surface area contributed by atoms with Crippen molar-refractivity contribution in [3.8, 4) is 5.75 Å². The topological polar surface area (TPSA) is 29.5 Å². The number of likely N-dealkylation sites (tertiary alicyclic amines) is 1. The number of carbonyl (C=O) groups excluding carboxylic acids is 1. The van der Waals surface area contributed by atoms with E-state index in [0.717, 1.165) is 51.3 Å². The molecule has 0 aliphatic carbocycles. The molecule has 0 amide bonds. The number of fused-ring (bicyclic) bond motifs is 1. The maximum atomic E-state index is 11.2. The molecule has 3 heteroatoms.